The molecule has 0 aromatic heterocycles. The third-order valence-corrected chi connectivity index (χ3v) is 2.02. The number of anilines is 1. The molecule has 1 aromatic rings. The molecular weight excluding hydrogens is 226 g/mol. The van der Waals surface area contributed by atoms with Crippen molar-refractivity contribution in [3.8, 4) is 0 Å². The fourth-order valence-corrected chi connectivity index (χ4v) is 1.31. The zero-order valence-electron chi connectivity index (χ0n) is 9.07. The Labute approximate surface area is 100 Å². The molecule has 0 atom stereocenters. The van der Waals surface area contributed by atoms with Gasteiger partial charge in [0.05, 0.1) is 6.61 Å². The minimum atomic E-state index is -0.324. The number of carbonyl (C=O) groups excluding carboxylic acids is 1. The Morgan fingerprint density at radius 3 is 3.06 bits per heavy atom. The van der Waals surface area contributed by atoms with Gasteiger partial charge in [-0.1, -0.05) is 23.7 Å². The smallest absolute Gasteiger partial charge is 0.330 e. The quantitative estimate of drug-likeness (QED) is 0.634. The molecule has 0 unspecified atom stereocenters. The van der Waals surface area contributed by atoms with E-state index in [1.807, 2.05) is 18.2 Å². The Kier molecular flexibility index (Phi) is 5.43. The van der Waals surface area contributed by atoms with Crippen LogP contribution in [-0.2, 0) is 9.53 Å². The van der Waals surface area contributed by atoms with E-state index < -0.39 is 0 Å². The van der Waals surface area contributed by atoms with E-state index >= 15 is 0 Å². The van der Waals surface area contributed by atoms with Crippen molar-refractivity contribution < 1.29 is 9.53 Å². The van der Waals surface area contributed by atoms with E-state index in [2.05, 4.69) is 5.32 Å². The number of carbonyl (C=O) groups is 1. The number of esters is 1. The highest BCUT2D eigenvalue weighted by Gasteiger charge is 1.93. The monoisotopic (exact) mass is 239 g/mol. The van der Waals surface area contributed by atoms with Crippen LogP contribution in [0, 0.1) is 0 Å². The summed E-state index contributed by atoms with van der Waals surface area (Å²) in [5, 5.41) is 3.78. The maximum atomic E-state index is 11.0. The van der Waals surface area contributed by atoms with E-state index in [0.717, 1.165) is 5.69 Å². The summed E-state index contributed by atoms with van der Waals surface area (Å²) in [5.41, 5.74) is 0.918. The zero-order chi connectivity index (χ0) is 11.8. The first-order valence-electron chi connectivity index (χ1n) is 5.05. The van der Waals surface area contributed by atoms with Crippen LogP contribution in [0.5, 0.6) is 0 Å². The highest BCUT2D eigenvalue weighted by molar-refractivity contribution is 6.30. The van der Waals surface area contributed by atoms with E-state index in [9.17, 15) is 4.79 Å². The van der Waals surface area contributed by atoms with E-state index in [0.29, 0.717) is 18.2 Å². The average molecular weight is 240 g/mol. The lowest BCUT2D eigenvalue weighted by molar-refractivity contribution is -0.137. The lowest BCUT2D eigenvalue weighted by Gasteiger charge is -2.02. The number of ether oxygens (including phenoxy) is 1. The molecule has 0 amide bonds. The van der Waals surface area contributed by atoms with Gasteiger partial charge in [0.2, 0.25) is 0 Å². The SMILES string of the molecule is CCOC(=O)/C=C/CNc1cccc(Cl)c1. The van der Waals surface area contributed by atoms with Crippen molar-refractivity contribution >= 4 is 23.3 Å². The molecule has 0 radical (unpaired) electrons. The molecule has 0 saturated heterocycles. The van der Waals surface area contributed by atoms with Crippen LogP contribution < -0.4 is 5.32 Å². The molecule has 0 saturated carbocycles. The summed E-state index contributed by atoms with van der Waals surface area (Å²) < 4.78 is 4.74. The Morgan fingerprint density at radius 1 is 1.56 bits per heavy atom. The normalized spacial score (nSPS) is 10.4. The second-order valence-corrected chi connectivity index (χ2v) is 3.48. The molecule has 16 heavy (non-hydrogen) atoms. The highest BCUT2D eigenvalue weighted by atomic mass is 35.5. The maximum Gasteiger partial charge on any atom is 0.330 e. The van der Waals surface area contributed by atoms with Gasteiger partial charge in [-0.05, 0) is 25.1 Å². The van der Waals surface area contributed by atoms with Gasteiger partial charge in [-0.3, -0.25) is 0 Å². The molecule has 0 aliphatic rings. The standard InChI is InChI=1S/C12H14ClNO2/c1-2-16-12(15)7-4-8-14-11-6-3-5-10(13)9-11/h3-7,9,14H,2,8H2,1H3/b7-4+. The third-order valence-electron chi connectivity index (χ3n) is 1.79. The molecule has 0 aliphatic carbocycles. The van der Waals surface area contributed by atoms with Gasteiger partial charge >= 0.3 is 5.97 Å². The van der Waals surface area contributed by atoms with Gasteiger partial charge in [-0.25, -0.2) is 4.79 Å². The van der Waals surface area contributed by atoms with Crippen LogP contribution in [0.4, 0.5) is 5.69 Å². The third kappa shape index (κ3) is 4.84. The summed E-state index contributed by atoms with van der Waals surface area (Å²) in [6.07, 6.45) is 3.11. The van der Waals surface area contributed by atoms with Crippen LogP contribution in [0.2, 0.25) is 5.02 Å². The number of halogens is 1. The number of nitrogens with one attached hydrogen (secondary N) is 1. The van der Waals surface area contributed by atoms with Crippen LogP contribution in [0.15, 0.2) is 36.4 Å². The molecule has 4 heteroatoms. The lowest BCUT2D eigenvalue weighted by atomic mass is 10.3. The molecule has 1 rings (SSSR count). The minimum absolute atomic E-state index is 0.324. The first-order valence-corrected chi connectivity index (χ1v) is 5.43. The lowest BCUT2D eigenvalue weighted by Crippen LogP contribution is -2.02. The largest absolute Gasteiger partial charge is 0.463 e. The molecule has 86 valence electrons. The van der Waals surface area contributed by atoms with Crippen molar-refractivity contribution in [2.24, 2.45) is 0 Å². The predicted molar refractivity (Wildman–Crippen MR) is 65.7 cm³/mol. The zero-order valence-corrected chi connectivity index (χ0v) is 9.83. The first kappa shape index (κ1) is 12.6. The molecule has 0 spiro atoms. The molecule has 0 fully saturated rings. The fraction of sp³-hybridized carbons (Fsp3) is 0.250. The number of hydrogen-bond acceptors (Lipinski definition) is 3. The summed E-state index contributed by atoms with van der Waals surface area (Å²) in [6, 6.07) is 7.39. The van der Waals surface area contributed by atoms with Gasteiger partial charge in [0.1, 0.15) is 0 Å². The number of rotatable bonds is 5. The van der Waals surface area contributed by atoms with Crippen molar-refractivity contribution in [1.82, 2.24) is 0 Å². The Hall–Kier alpha value is -1.48. The number of benzene rings is 1. The summed E-state index contributed by atoms with van der Waals surface area (Å²) in [7, 11) is 0. The molecule has 0 heterocycles. The highest BCUT2D eigenvalue weighted by Crippen LogP contribution is 2.14. The summed E-state index contributed by atoms with van der Waals surface area (Å²) in [6.45, 7) is 2.72. The second kappa shape index (κ2) is 6.90. The second-order valence-electron chi connectivity index (χ2n) is 3.05. The van der Waals surface area contributed by atoms with Crippen molar-refractivity contribution in [3.05, 3.63) is 41.4 Å². The molecule has 0 bridgehead atoms. The molecule has 1 aromatic carbocycles. The minimum Gasteiger partial charge on any atom is -0.463 e. The topological polar surface area (TPSA) is 38.3 Å². The van der Waals surface area contributed by atoms with Crippen molar-refractivity contribution in [1.29, 1.82) is 0 Å². The molecular formula is C12H14ClNO2. The average Bonchev–Trinajstić information content (AvgIpc) is 2.25. The van der Waals surface area contributed by atoms with E-state index in [4.69, 9.17) is 16.3 Å². The van der Waals surface area contributed by atoms with E-state index in [1.54, 1.807) is 19.1 Å². The Balaban J connectivity index is 2.33. The van der Waals surface area contributed by atoms with Gasteiger partial charge in [0, 0.05) is 23.3 Å². The van der Waals surface area contributed by atoms with Crippen molar-refractivity contribution in [2.75, 3.05) is 18.5 Å². The van der Waals surface area contributed by atoms with Crippen LogP contribution >= 0.6 is 11.6 Å². The molecule has 1 N–H and O–H groups in total. The van der Waals surface area contributed by atoms with Crippen molar-refractivity contribution in [2.45, 2.75) is 6.92 Å². The van der Waals surface area contributed by atoms with E-state index in [1.165, 1.54) is 6.08 Å². The molecule has 3 nitrogen and oxygen atoms in total. The van der Waals surface area contributed by atoms with Gasteiger partial charge in [0.15, 0.2) is 0 Å². The Morgan fingerprint density at radius 2 is 2.38 bits per heavy atom. The van der Waals surface area contributed by atoms with E-state index in [-0.39, 0.29) is 5.97 Å². The van der Waals surface area contributed by atoms with Crippen LogP contribution in [0.3, 0.4) is 0 Å². The van der Waals surface area contributed by atoms with Crippen LogP contribution in [0.25, 0.3) is 0 Å². The summed E-state index contributed by atoms with van der Waals surface area (Å²) in [4.78, 5) is 11.0. The Bertz CT molecular complexity index is 377. The van der Waals surface area contributed by atoms with Gasteiger partial charge in [0.25, 0.3) is 0 Å². The van der Waals surface area contributed by atoms with Gasteiger partial charge < -0.3 is 10.1 Å². The van der Waals surface area contributed by atoms with Crippen LogP contribution in [0.1, 0.15) is 6.92 Å². The first-order chi connectivity index (χ1) is 7.72. The fourth-order valence-electron chi connectivity index (χ4n) is 1.12. The summed E-state index contributed by atoms with van der Waals surface area (Å²) in [5.74, 6) is -0.324. The van der Waals surface area contributed by atoms with Crippen molar-refractivity contribution in [3.63, 3.8) is 0 Å². The van der Waals surface area contributed by atoms with Gasteiger partial charge in [-0.15, -0.1) is 0 Å². The van der Waals surface area contributed by atoms with Gasteiger partial charge in [-0.2, -0.15) is 0 Å². The maximum absolute atomic E-state index is 11.0. The predicted octanol–water partition coefficient (Wildman–Crippen LogP) is 2.87. The summed E-state index contributed by atoms with van der Waals surface area (Å²) >= 11 is 5.82. The molecule has 0 aliphatic heterocycles. The number of hydrogen-bond donors (Lipinski definition) is 1. The van der Waals surface area contributed by atoms with Crippen LogP contribution in [-0.4, -0.2) is 19.1 Å².